The number of rotatable bonds is 6. The van der Waals surface area contributed by atoms with Gasteiger partial charge in [0.2, 0.25) is 0 Å². The van der Waals surface area contributed by atoms with Crippen molar-refractivity contribution in [2.75, 3.05) is 19.7 Å². The quantitative estimate of drug-likeness (QED) is 0.634. The lowest BCUT2D eigenvalue weighted by Crippen LogP contribution is -2.34. The Labute approximate surface area is 120 Å². The lowest BCUT2D eigenvalue weighted by atomic mass is 10.2. The molecule has 0 unspecified atom stereocenters. The Hall–Kier alpha value is -1.44. The molecule has 0 aliphatic heterocycles. The first-order chi connectivity index (χ1) is 9.31. The van der Waals surface area contributed by atoms with E-state index in [2.05, 4.69) is 6.58 Å². The van der Waals surface area contributed by atoms with Crippen molar-refractivity contribution < 1.29 is 22.7 Å². The van der Waals surface area contributed by atoms with E-state index >= 15 is 0 Å². The molecule has 1 N–H and O–H groups in total. The summed E-state index contributed by atoms with van der Waals surface area (Å²) in [7, 11) is 1.03. The molecule has 0 radical (unpaired) electrons. The predicted molar refractivity (Wildman–Crippen MR) is 72.6 cm³/mol. The Balaban J connectivity index is 3.13. The molecule has 1 amide bonds. The van der Waals surface area contributed by atoms with Crippen LogP contribution >= 0.6 is 10.7 Å². The molecule has 0 bridgehead atoms. The summed E-state index contributed by atoms with van der Waals surface area (Å²) in [6.45, 7) is 3.33. The van der Waals surface area contributed by atoms with Crippen LogP contribution in [0.4, 0.5) is 4.39 Å². The van der Waals surface area contributed by atoms with Crippen molar-refractivity contribution in [1.82, 2.24) is 4.90 Å². The zero-order chi connectivity index (χ0) is 15.3. The van der Waals surface area contributed by atoms with Crippen LogP contribution in [0.25, 0.3) is 0 Å². The molecule has 1 aromatic rings. The molecular formula is C12H13ClFNO4S. The summed E-state index contributed by atoms with van der Waals surface area (Å²) in [4.78, 5) is 12.8. The second kappa shape index (κ2) is 6.83. The fraction of sp³-hybridized carbons (Fsp3) is 0.250. The van der Waals surface area contributed by atoms with Gasteiger partial charge in [-0.1, -0.05) is 6.08 Å². The van der Waals surface area contributed by atoms with Gasteiger partial charge in [0, 0.05) is 23.8 Å². The molecule has 1 aromatic carbocycles. The number of aliphatic hydroxyl groups is 1. The number of benzene rings is 1. The van der Waals surface area contributed by atoms with Crippen molar-refractivity contribution in [2.24, 2.45) is 0 Å². The SMILES string of the molecule is C=CCN(CCO)C(=O)c1ccc(S(=O)(=O)Cl)cc1F. The van der Waals surface area contributed by atoms with Crippen molar-refractivity contribution in [3.05, 3.63) is 42.2 Å². The third-order valence-electron chi connectivity index (χ3n) is 2.46. The van der Waals surface area contributed by atoms with E-state index in [0.29, 0.717) is 6.07 Å². The van der Waals surface area contributed by atoms with Crippen molar-refractivity contribution in [2.45, 2.75) is 4.90 Å². The van der Waals surface area contributed by atoms with Gasteiger partial charge < -0.3 is 10.0 Å². The highest BCUT2D eigenvalue weighted by Crippen LogP contribution is 2.19. The minimum absolute atomic E-state index is 0.0137. The highest BCUT2D eigenvalue weighted by molar-refractivity contribution is 8.13. The first kappa shape index (κ1) is 16.6. The van der Waals surface area contributed by atoms with Gasteiger partial charge in [0.05, 0.1) is 17.1 Å². The van der Waals surface area contributed by atoms with Gasteiger partial charge in [-0.3, -0.25) is 4.79 Å². The Morgan fingerprint density at radius 1 is 1.50 bits per heavy atom. The molecule has 8 heteroatoms. The van der Waals surface area contributed by atoms with Gasteiger partial charge >= 0.3 is 0 Å². The molecule has 110 valence electrons. The predicted octanol–water partition coefficient (Wildman–Crippen LogP) is 1.37. The van der Waals surface area contributed by atoms with E-state index in [1.165, 1.54) is 11.0 Å². The molecule has 0 saturated carbocycles. The largest absolute Gasteiger partial charge is 0.395 e. The average Bonchev–Trinajstić information content (AvgIpc) is 2.36. The molecule has 0 aliphatic rings. The number of carbonyl (C=O) groups is 1. The second-order valence-electron chi connectivity index (χ2n) is 3.84. The summed E-state index contributed by atoms with van der Waals surface area (Å²) in [5, 5.41) is 8.86. The standard InChI is InChI=1S/C12H13ClFNO4S/c1-2-5-15(6-7-16)12(17)10-4-3-9(8-11(10)14)20(13,18)19/h2-4,8,16H,1,5-7H2. The van der Waals surface area contributed by atoms with Crippen LogP contribution in [0.2, 0.25) is 0 Å². The summed E-state index contributed by atoms with van der Waals surface area (Å²) >= 11 is 0. The number of aliphatic hydroxyl groups excluding tert-OH is 1. The van der Waals surface area contributed by atoms with Crippen LogP contribution in [0.5, 0.6) is 0 Å². The van der Waals surface area contributed by atoms with Gasteiger partial charge in [0.1, 0.15) is 5.82 Å². The Bertz CT molecular complexity index is 618. The maximum atomic E-state index is 13.8. The number of hydrogen-bond donors (Lipinski definition) is 1. The van der Waals surface area contributed by atoms with Crippen LogP contribution in [-0.4, -0.2) is 44.0 Å². The fourth-order valence-electron chi connectivity index (χ4n) is 1.54. The topological polar surface area (TPSA) is 74.7 Å². The van der Waals surface area contributed by atoms with Crippen molar-refractivity contribution in [3.63, 3.8) is 0 Å². The number of halogens is 2. The van der Waals surface area contributed by atoms with Crippen LogP contribution in [0, 0.1) is 5.82 Å². The van der Waals surface area contributed by atoms with E-state index in [9.17, 15) is 17.6 Å². The van der Waals surface area contributed by atoms with Crippen LogP contribution in [0.1, 0.15) is 10.4 Å². The van der Waals surface area contributed by atoms with Crippen LogP contribution in [0.3, 0.4) is 0 Å². The average molecular weight is 322 g/mol. The summed E-state index contributed by atoms with van der Waals surface area (Å²) in [6.07, 6.45) is 1.43. The molecule has 0 spiro atoms. The smallest absolute Gasteiger partial charge is 0.261 e. The molecule has 0 saturated heterocycles. The third-order valence-corrected chi connectivity index (χ3v) is 3.81. The zero-order valence-corrected chi connectivity index (χ0v) is 12.0. The third kappa shape index (κ3) is 4.03. The van der Waals surface area contributed by atoms with Crippen molar-refractivity contribution in [1.29, 1.82) is 0 Å². The van der Waals surface area contributed by atoms with E-state index in [0.717, 1.165) is 12.1 Å². The van der Waals surface area contributed by atoms with E-state index in [4.69, 9.17) is 15.8 Å². The Kier molecular flexibility index (Phi) is 5.67. The minimum atomic E-state index is -4.06. The maximum Gasteiger partial charge on any atom is 0.261 e. The number of carbonyl (C=O) groups excluding carboxylic acids is 1. The molecule has 5 nitrogen and oxygen atoms in total. The van der Waals surface area contributed by atoms with Gasteiger partial charge in [0.25, 0.3) is 15.0 Å². The second-order valence-corrected chi connectivity index (χ2v) is 6.41. The van der Waals surface area contributed by atoms with E-state index in [1.54, 1.807) is 0 Å². The fourth-order valence-corrected chi connectivity index (χ4v) is 2.31. The van der Waals surface area contributed by atoms with Crippen molar-refractivity contribution >= 4 is 25.6 Å². The van der Waals surface area contributed by atoms with Gasteiger partial charge in [-0.15, -0.1) is 6.58 Å². The maximum absolute atomic E-state index is 13.8. The molecule has 1 rings (SSSR count). The summed E-state index contributed by atoms with van der Waals surface area (Å²) in [6, 6.07) is 2.77. The lowest BCUT2D eigenvalue weighted by molar-refractivity contribution is 0.0738. The highest BCUT2D eigenvalue weighted by Gasteiger charge is 2.20. The van der Waals surface area contributed by atoms with Gasteiger partial charge in [-0.2, -0.15) is 0 Å². The minimum Gasteiger partial charge on any atom is -0.395 e. The molecule has 0 fully saturated rings. The van der Waals surface area contributed by atoms with Crippen LogP contribution in [-0.2, 0) is 9.05 Å². The first-order valence-corrected chi connectivity index (χ1v) is 7.87. The molecule has 0 aliphatic carbocycles. The summed E-state index contributed by atoms with van der Waals surface area (Å²) in [5.74, 6) is -1.67. The Morgan fingerprint density at radius 3 is 2.60 bits per heavy atom. The number of hydrogen-bond acceptors (Lipinski definition) is 4. The molecule has 20 heavy (non-hydrogen) atoms. The normalized spacial score (nSPS) is 11.2. The first-order valence-electron chi connectivity index (χ1n) is 5.56. The monoisotopic (exact) mass is 321 g/mol. The van der Waals surface area contributed by atoms with Gasteiger partial charge in [0.15, 0.2) is 0 Å². The molecule has 0 atom stereocenters. The van der Waals surface area contributed by atoms with Crippen LogP contribution < -0.4 is 0 Å². The van der Waals surface area contributed by atoms with Gasteiger partial charge in [-0.05, 0) is 18.2 Å². The molecular weight excluding hydrogens is 309 g/mol. The van der Waals surface area contributed by atoms with Crippen molar-refractivity contribution in [3.8, 4) is 0 Å². The number of nitrogens with zero attached hydrogens (tertiary/aromatic N) is 1. The summed E-state index contributed by atoms with van der Waals surface area (Å²) in [5.41, 5.74) is -0.302. The highest BCUT2D eigenvalue weighted by atomic mass is 35.7. The number of amides is 1. The van der Waals surface area contributed by atoms with E-state index < -0.39 is 25.7 Å². The summed E-state index contributed by atoms with van der Waals surface area (Å²) < 4.78 is 35.9. The van der Waals surface area contributed by atoms with Crippen LogP contribution in [0.15, 0.2) is 35.7 Å². The van der Waals surface area contributed by atoms with Gasteiger partial charge in [-0.25, -0.2) is 12.8 Å². The lowest BCUT2D eigenvalue weighted by Gasteiger charge is -2.20. The molecule has 0 aromatic heterocycles. The van der Waals surface area contributed by atoms with E-state index in [-0.39, 0.29) is 25.3 Å². The Morgan fingerprint density at radius 2 is 2.15 bits per heavy atom. The van der Waals surface area contributed by atoms with E-state index in [1.807, 2.05) is 0 Å². The zero-order valence-electron chi connectivity index (χ0n) is 10.4. The molecule has 0 heterocycles.